The molecule has 0 aromatic heterocycles. The predicted octanol–water partition coefficient (Wildman–Crippen LogP) is 3.30. The van der Waals surface area contributed by atoms with Gasteiger partial charge in [0.25, 0.3) is 0 Å². The van der Waals surface area contributed by atoms with Crippen LogP contribution in [0.3, 0.4) is 0 Å². The van der Waals surface area contributed by atoms with Gasteiger partial charge in [-0.2, -0.15) is 0 Å². The highest BCUT2D eigenvalue weighted by atomic mass is 19.1. The third-order valence-electron chi connectivity index (χ3n) is 4.03. The van der Waals surface area contributed by atoms with Crippen LogP contribution in [0.4, 0.5) is 8.78 Å². The SMILES string of the molecule is CCc1ccc(F)c(C2(CN)CCCC2)c1F. The van der Waals surface area contributed by atoms with Crippen LogP contribution in [0.1, 0.15) is 43.7 Å². The number of benzene rings is 1. The molecule has 1 aromatic rings. The Kier molecular flexibility index (Phi) is 3.48. The predicted molar refractivity (Wildman–Crippen MR) is 64.9 cm³/mol. The van der Waals surface area contributed by atoms with E-state index in [9.17, 15) is 8.78 Å². The standard InChI is InChI=1S/C14H19F2N/c1-2-10-5-6-11(15)12(13(10)16)14(9-17)7-3-4-8-14/h5-6H,2-4,7-9,17H2,1H3. The van der Waals surface area contributed by atoms with Crippen molar-refractivity contribution in [2.45, 2.75) is 44.4 Å². The molecule has 0 bridgehead atoms. The number of aryl methyl sites for hydroxylation is 1. The molecule has 0 amide bonds. The van der Waals surface area contributed by atoms with E-state index in [0.717, 1.165) is 25.7 Å². The third kappa shape index (κ3) is 1.97. The second-order valence-corrected chi connectivity index (χ2v) is 4.94. The molecule has 2 rings (SSSR count). The van der Waals surface area contributed by atoms with E-state index in [1.807, 2.05) is 6.92 Å². The molecule has 0 aliphatic heterocycles. The van der Waals surface area contributed by atoms with Crippen LogP contribution < -0.4 is 5.73 Å². The smallest absolute Gasteiger partial charge is 0.133 e. The van der Waals surface area contributed by atoms with Gasteiger partial charge in [-0.1, -0.05) is 25.8 Å². The van der Waals surface area contributed by atoms with Gasteiger partial charge >= 0.3 is 0 Å². The van der Waals surface area contributed by atoms with Crippen molar-refractivity contribution in [3.05, 3.63) is 34.9 Å². The van der Waals surface area contributed by atoms with E-state index in [4.69, 9.17) is 5.73 Å². The van der Waals surface area contributed by atoms with Crippen molar-refractivity contribution >= 4 is 0 Å². The number of hydrogen-bond acceptors (Lipinski definition) is 1. The maximum absolute atomic E-state index is 14.3. The average Bonchev–Trinajstić information content (AvgIpc) is 2.79. The summed E-state index contributed by atoms with van der Waals surface area (Å²) in [6.07, 6.45) is 4.19. The third-order valence-corrected chi connectivity index (χ3v) is 4.03. The fourth-order valence-electron chi connectivity index (χ4n) is 2.96. The van der Waals surface area contributed by atoms with Gasteiger partial charge in [0, 0.05) is 17.5 Å². The second kappa shape index (κ2) is 4.73. The lowest BCUT2D eigenvalue weighted by Crippen LogP contribution is -2.34. The van der Waals surface area contributed by atoms with Crippen LogP contribution in [0.2, 0.25) is 0 Å². The van der Waals surface area contributed by atoms with Crippen molar-refractivity contribution in [3.63, 3.8) is 0 Å². The summed E-state index contributed by atoms with van der Waals surface area (Å²) in [5.74, 6) is -0.813. The van der Waals surface area contributed by atoms with Crippen LogP contribution in [0.15, 0.2) is 12.1 Å². The Bertz CT molecular complexity index is 409. The summed E-state index contributed by atoms with van der Waals surface area (Å²) < 4.78 is 28.3. The second-order valence-electron chi connectivity index (χ2n) is 4.94. The number of nitrogens with two attached hydrogens (primary N) is 1. The lowest BCUT2D eigenvalue weighted by atomic mass is 9.77. The fourth-order valence-corrected chi connectivity index (χ4v) is 2.96. The lowest BCUT2D eigenvalue weighted by molar-refractivity contribution is 0.398. The molecule has 1 aliphatic rings. The molecule has 0 saturated heterocycles. The summed E-state index contributed by atoms with van der Waals surface area (Å²) in [6.45, 7) is 2.21. The molecular formula is C14H19F2N. The van der Waals surface area contributed by atoms with Gasteiger partial charge in [0.15, 0.2) is 0 Å². The Labute approximate surface area is 101 Å². The summed E-state index contributed by atoms with van der Waals surface area (Å²) in [4.78, 5) is 0. The highest BCUT2D eigenvalue weighted by molar-refractivity contribution is 5.35. The van der Waals surface area contributed by atoms with Crippen LogP contribution in [0.5, 0.6) is 0 Å². The first kappa shape index (κ1) is 12.5. The molecule has 0 heterocycles. The Balaban J connectivity index is 2.56. The van der Waals surface area contributed by atoms with Crippen LogP contribution in [-0.4, -0.2) is 6.54 Å². The van der Waals surface area contributed by atoms with Gasteiger partial charge in [0.1, 0.15) is 11.6 Å². The monoisotopic (exact) mass is 239 g/mol. The van der Waals surface area contributed by atoms with Crippen LogP contribution in [-0.2, 0) is 11.8 Å². The molecule has 1 nitrogen and oxygen atoms in total. The van der Waals surface area contributed by atoms with E-state index >= 15 is 0 Å². The first-order valence-electron chi connectivity index (χ1n) is 6.32. The highest BCUT2D eigenvalue weighted by Crippen LogP contribution is 2.43. The van der Waals surface area contributed by atoms with Gasteiger partial charge in [-0.3, -0.25) is 0 Å². The van der Waals surface area contributed by atoms with Crippen molar-refractivity contribution in [2.24, 2.45) is 5.73 Å². The minimum atomic E-state index is -0.473. The largest absolute Gasteiger partial charge is 0.330 e. The maximum atomic E-state index is 14.3. The van der Waals surface area contributed by atoms with Gasteiger partial charge in [-0.05, 0) is 30.9 Å². The van der Waals surface area contributed by atoms with Gasteiger partial charge in [-0.25, -0.2) is 8.78 Å². The quantitative estimate of drug-likeness (QED) is 0.860. The maximum Gasteiger partial charge on any atom is 0.133 e. The molecule has 0 atom stereocenters. The summed E-state index contributed by atoms with van der Waals surface area (Å²) in [6, 6.07) is 2.92. The minimum absolute atomic E-state index is 0.233. The summed E-state index contributed by atoms with van der Waals surface area (Å²) in [7, 11) is 0. The lowest BCUT2D eigenvalue weighted by Gasteiger charge is -2.29. The number of hydrogen-bond donors (Lipinski definition) is 1. The molecule has 1 fully saturated rings. The van der Waals surface area contributed by atoms with E-state index in [1.165, 1.54) is 12.1 Å². The Morgan fingerprint density at radius 2 is 1.88 bits per heavy atom. The van der Waals surface area contributed by atoms with E-state index in [1.54, 1.807) is 0 Å². The van der Waals surface area contributed by atoms with Crippen LogP contribution in [0, 0.1) is 11.6 Å². The van der Waals surface area contributed by atoms with E-state index in [2.05, 4.69) is 0 Å². The molecule has 2 N–H and O–H groups in total. The van der Waals surface area contributed by atoms with Crippen molar-refractivity contribution in [1.82, 2.24) is 0 Å². The van der Waals surface area contributed by atoms with Gasteiger partial charge in [0.2, 0.25) is 0 Å². The first-order chi connectivity index (χ1) is 8.14. The summed E-state index contributed by atoms with van der Waals surface area (Å²) in [5, 5.41) is 0. The van der Waals surface area contributed by atoms with Gasteiger partial charge < -0.3 is 5.73 Å². The normalized spacial score (nSPS) is 18.6. The van der Waals surface area contributed by atoms with Crippen LogP contribution >= 0.6 is 0 Å². The van der Waals surface area contributed by atoms with Crippen molar-refractivity contribution in [3.8, 4) is 0 Å². The van der Waals surface area contributed by atoms with E-state index in [0.29, 0.717) is 18.5 Å². The summed E-state index contributed by atoms with van der Waals surface area (Å²) >= 11 is 0. The molecule has 94 valence electrons. The van der Waals surface area contributed by atoms with Crippen LogP contribution in [0.25, 0.3) is 0 Å². The average molecular weight is 239 g/mol. The van der Waals surface area contributed by atoms with E-state index in [-0.39, 0.29) is 11.4 Å². The first-order valence-corrected chi connectivity index (χ1v) is 6.32. The molecule has 0 unspecified atom stereocenters. The highest BCUT2D eigenvalue weighted by Gasteiger charge is 2.39. The number of rotatable bonds is 3. The van der Waals surface area contributed by atoms with Gasteiger partial charge in [-0.15, -0.1) is 0 Å². The van der Waals surface area contributed by atoms with Crippen molar-refractivity contribution < 1.29 is 8.78 Å². The zero-order valence-electron chi connectivity index (χ0n) is 10.2. The Morgan fingerprint density at radius 1 is 1.24 bits per heavy atom. The molecule has 1 aromatic carbocycles. The molecule has 0 spiro atoms. The Hall–Kier alpha value is -0.960. The minimum Gasteiger partial charge on any atom is -0.330 e. The molecular weight excluding hydrogens is 220 g/mol. The fraction of sp³-hybridized carbons (Fsp3) is 0.571. The molecule has 1 saturated carbocycles. The zero-order chi connectivity index (χ0) is 12.5. The molecule has 17 heavy (non-hydrogen) atoms. The molecule has 0 radical (unpaired) electrons. The summed E-state index contributed by atoms with van der Waals surface area (Å²) in [5.41, 5.74) is 6.14. The Morgan fingerprint density at radius 3 is 2.41 bits per heavy atom. The van der Waals surface area contributed by atoms with Crippen molar-refractivity contribution in [1.29, 1.82) is 0 Å². The van der Waals surface area contributed by atoms with E-state index < -0.39 is 11.2 Å². The van der Waals surface area contributed by atoms with Gasteiger partial charge in [0.05, 0.1) is 0 Å². The molecule has 1 aliphatic carbocycles. The number of halogens is 2. The molecule has 3 heteroatoms. The zero-order valence-corrected chi connectivity index (χ0v) is 10.2. The van der Waals surface area contributed by atoms with Crippen molar-refractivity contribution in [2.75, 3.05) is 6.54 Å². The topological polar surface area (TPSA) is 26.0 Å².